The third kappa shape index (κ3) is 3.94. The van der Waals surface area contributed by atoms with E-state index >= 15 is 0 Å². The second kappa shape index (κ2) is 7.75. The molecule has 0 aliphatic carbocycles. The van der Waals surface area contributed by atoms with Gasteiger partial charge in [0, 0.05) is 42.8 Å². The summed E-state index contributed by atoms with van der Waals surface area (Å²) in [6.07, 6.45) is 6.34. The maximum Gasteiger partial charge on any atom is 0.268 e. The molecule has 1 amide bonds. The Bertz CT molecular complexity index is 858. The first-order chi connectivity index (χ1) is 12.2. The summed E-state index contributed by atoms with van der Waals surface area (Å²) in [7, 11) is 0. The van der Waals surface area contributed by atoms with Crippen molar-refractivity contribution in [3.8, 4) is 11.1 Å². The zero-order valence-corrected chi connectivity index (χ0v) is 14.1. The maximum absolute atomic E-state index is 13.7. The normalized spacial score (nSPS) is 10.6. The monoisotopic (exact) mass is 337 g/mol. The van der Waals surface area contributed by atoms with Crippen molar-refractivity contribution in [2.75, 3.05) is 0 Å². The van der Waals surface area contributed by atoms with Gasteiger partial charge in [0.25, 0.3) is 5.91 Å². The van der Waals surface area contributed by atoms with Crippen molar-refractivity contribution < 1.29 is 9.18 Å². The molecule has 3 aromatic rings. The molecule has 128 valence electrons. The number of nitrogens with zero attached hydrogens (tertiary/aromatic N) is 2. The second-order valence-corrected chi connectivity index (χ2v) is 5.82. The number of amides is 1. The first kappa shape index (κ1) is 16.9. The minimum absolute atomic E-state index is 0.160. The predicted molar refractivity (Wildman–Crippen MR) is 95.5 cm³/mol. The highest BCUT2D eigenvalue weighted by Crippen LogP contribution is 2.22. The number of aromatic nitrogens is 2. The van der Waals surface area contributed by atoms with E-state index in [4.69, 9.17) is 0 Å². The molecular formula is C20H20FN3O. The van der Waals surface area contributed by atoms with Crippen LogP contribution in [0.25, 0.3) is 11.1 Å². The van der Waals surface area contributed by atoms with Crippen LogP contribution in [-0.4, -0.2) is 15.5 Å². The molecule has 0 saturated heterocycles. The Kier molecular flexibility index (Phi) is 5.23. The quantitative estimate of drug-likeness (QED) is 0.738. The van der Waals surface area contributed by atoms with Crippen LogP contribution >= 0.6 is 0 Å². The highest BCUT2D eigenvalue weighted by Gasteiger charge is 2.14. The van der Waals surface area contributed by atoms with Crippen LogP contribution in [0.2, 0.25) is 0 Å². The molecule has 0 saturated carbocycles. The van der Waals surface area contributed by atoms with Gasteiger partial charge < -0.3 is 9.88 Å². The molecule has 0 aliphatic rings. The summed E-state index contributed by atoms with van der Waals surface area (Å²) < 4.78 is 15.6. The molecule has 2 aromatic heterocycles. The topological polar surface area (TPSA) is 46.9 Å². The van der Waals surface area contributed by atoms with Gasteiger partial charge in [-0.3, -0.25) is 9.78 Å². The molecule has 0 atom stereocenters. The molecule has 2 heterocycles. The number of hydrogen-bond donors (Lipinski definition) is 1. The van der Waals surface area contributed by atoms with Crippen molar-refractivity contribution >= 4 is 5.91 Å². The van der Waals surface area contributed by atoms with Gasteiger partial charge in [0.05, 0.1) is 0 Å². The van der Waals surface area contributed by atoms with E-state index in [9.17, 15) is 9.18 Å². The number of pyridine rings is 1. The van der Waals surface area contributed by atoms with E-state index in [0.717, 1.165) is 24.1 Å². The number of nitrogens with one attached hydrogen (secondary N) is 1. The van der Waals surface area contributed by atoms with Crippen LogP contribution in [-0.2, 0) is 13.1 Å². The molecular weight excluding hydrogens is 317 g/mol. The van der Waals surface area contributed by atoms with Crippen LogP contribution < -0.4 is 5.32 Å². The number of rotatable bonds is 6. The fourth-order valence-corrected chi connectivity index (χ4v) is 2.74. The highest BCUT2D eigenvalue weighted by atomic mass is 19.1. The summed E-state index contributed by atoms with van der Waals surface area (Å²) in [6.45, 7) is 2.97. The molecule has 1 N–H and O–H groups in total. The van der Waals surface area contributed by atoms with Gasteiger partial charge in [-0.2, -0.15) is 0 Å². The molecule has 0 unspecified atom stereocenters. The molecule has 0 fully saturated rings. The fraction of sp³-hybridized carbons (Fsp3) is 0.200. The number of halogens is 1. The van der Waals surface area contributed by atoms with Crippen LogP contribution in [0.15, 0.2) is 61.1 Å². The molecule has 1 aromatic carbocycles. The molecule has 3 rings (SSSR count). The lowest BCUT2D eigenvalue weighted by Gasteiger charge is -2.09. The van der Waals surface area contributed by atoms with Crippen molar-refractivity contribution in [1.82, 2.24) is 14.9 Å². The number of carbonyl (C=O) groups excluding carboxylic acids is 1. The maximum atomic E-state index is 13.7. The average Bonchev–Trinajstić information content (AvgIpc) is 3.06. The zero-order valence-electron chi connectivity index (χ0n) is 14.1. The highest BCUT2D eigenvalue weighted by molar-refractivity contribution is 5.94. The smallest absolute Gasteiger partial charge is 0.268 e. The Morgan fingerprint density at radius 2 is 1.92 bits per heavy atom. The number of aryl methyl sites for hydroxylation is 1. The number of hydrogen-bond acceptors (Lipinski definition) is 2. The summed E-state index contributed by atoms with van der Waals surface area (Å²) in [6, 6.07) is 12.1. The summed E-state index contributed by atoms with van der Waals surface area (Å²) in [5, 5.41) is 2.81. The van der Waals surface area contributed by atoms with Crippen molar-refractivity contribution in [1.29, 1.82) is 0 Å². The van der Waals surface area contributed by atoms with Gasteiger partial charge in [-0.15, -0.1) is 0 Å². The van der Waals surface area contributed by atoms with Gasteiger partial charge in [0.2, 0.25) is 0 Å². The van der Waals surface area contributed by atoms with E-state index in [1.165, 1.54) is 6.07 Å². The molecule has 4 nitrogen and oxygen atoms in total. The third-order valence-corrected chi connectivity index (χ3v) is 4.00. The van der Waals surface area contributed by atoms with E-state index in [1.54, 1.807) is 30.6 Å². The second-order valence-electron chi connectivity index (χ2n) is 5.82. The van der Waals surface area contributed by atoms with Crippen molar-refractivity contribution in [2.24, 2.45) is 0 Å². The Morgan fingerprint density at radius 3 is 2.64 bits per heavy atom. The molecule has 0 bridgehead atoms. The predicted octanol–water partition coefficient (Wildman–Crippen LogP) is 4.03. The van der Waals surface area contributed by atoms with Gasteiger partial charge in [0.1, 0.15) is 11.5 Å². The lowest BCUT2D eigenvalue weighted by molar-refractivity contribution is 0.0941. The summed E-state index contributed by atoms with van der Waals surface area (Å²) >= 11 is 0. The lowest BCUT2D eigenvalue weighted by Crippen LogP contribution is -2.25. The summed E-state index contributed by atoms with van der Waals surface area (Å²) in [5.41, 5.74) is 3.02. The van der Waals surface area contributed by atoms with E-state index in [-0.39, 0.29) is 18.3 Å². The Labute approximate surface area is 146 Å². The average molecular weight is 337 g/mol. The minimum atomic E-state index is -0.316. The molecule has 0 aliphatic heterocycles. The Balaban J connectivity index is 1.81. The van der Waals surface area contributed by atoms with Crippen molar-refractivity contribution in [3.63, 3.8) is 0 Å². The van der Waals surface area contributed by atoms with Crippen LogP contribution in [0.1, 0.15) is 29.4 Å². The molecule has 0 radical (unpaired) electrons. The van der Waals surface area contributed by atoms with Crippen LogP contribution in [0, 0.1) is 5.82 Å². The van der Waals surface area contributed by atoms with Gasteiger partial charge in [-0.1, -0.05) is 25.1 Å². The van der Waals surface area contributed by atoms with Crippen molar-refractivity contribution in [3.05, 3.63) is 78.1 Å². The van der Waals surface area contributed by atoms with Gasteiger partial charge in [-0.05, 0) is 36.2 Å². The molecule has 25 heavy (non-hydrogen) atoms. The first-order valence-electron chi connectivity index (χ1n) is 8.31. The number of carbonyl (C=O) groups is 1. The molecule has 0 spiro atoms. The van der Waals surface area contributed by atoms with Crippen LogP contribution in [0.4, 0.5) is 4.39 Å². The van der Waals surface area contributed by atoms with E-state index in [2.05, 4.69) is 17.2 Å². The molecule has 5 heteroatoms. The van der Waals surface area contributed by atoms with E-state index < -0.39 is 0 Å². The van der Waals surface area contributed by atoms with E-state index in [0.29, 0.717) is 11.3 Å². The zero-order chi connectivity index (χ0) is 17.6. The SMILES string of the molecule is CCCn1cc(-c2ccncc2)cc1C(=O)NCc1ccccc1F. The summed E-state index contributed by atoms with van der Waals surface area (Å²) in [5.74, 6) is -0.527. The largest absolute Gasteiger partial charge is 0.347 e. The van der Waals surface area contributed by atoms with Gasteiger partial charge in [0.15, 0.2) is 0 Å². The van der Waals surface area contributed by atoms with Gasteiger partial charge in [-0.25, -0.2) is 4.39 Å². The Morgan fingerprint density at radius 1 is 1.16 bits per heavy atom. The van der Waals surface area contributed by atoms with Crippen LogP contribution in [0.3, 0.4) is 0 Å². The summed E-state index contributed by atoms with van der Waals surface area (Å²) in [4.78, 5) is 16.6. The number of benzene rings is 1. The lowest BCUT2D eigenvalue weighted by atomic mass is 10.1. The van der Waals surface area contributed by atoms with E-state index in [1.807, 2.05) is 29.0 Å². The Hall–Kier alpha value is -2.95. The van der Waals surface area contributed by atoms with Crippen molar-refractivity contribution in [2.45, 2.75) is 26.4 Å². The minimum Gasteiger partial charge on any atom is -0.347 e. The first-order valence-corrected chi connectivity index (χ1v) is 8.31. The third-order valence-electron chi connectivity index (χ3n) is 4.00. The van der Waals surface area contributed by atoms with Gasteiger partial charge >= 0.3 is 0 Å². The fourth-order valence-electron chi connectivity index (χ4n) is 2.74. The van der Waals surface area contributed by atoms with Crippen LogP contribution in [0.5, 0.6) is 0 Å². The standard InChI is InChI=1S/C20H20FN3O/c1-2-11-24-14-17(15-7-9-22-10-8-15)12-19(24)20(25)23-13-16-5-3-4-6-18(16)21/h3-10,12,14H,2,11,13H2,1H3,(H,23,25).